The average Bonchev–Trinajstić information content (AvgIpc) is 3.54. The molecule has 3 aromatic carbocycles. The number of benzene rings is 3. The number of likely N-dealkylation sites (tertiary alicyclic amines) is 1. The summed E-state index contributed by atoms with van der Waals surface area (Å²) < 4.78 is 85.1. The van der Waals surface area contributed by atoms with Gasteiger partial charge in [-0.3, -0.25) is 14.5 Å². The van der Waals surface area contributed by atoms with Crippen molar-refractivity contribution in [1.29, 1.82) is 0 Å². The minimum absolute atomic E-state index is 0.0410. The van der Waals surface area contributed by atoms with Gasteiger partial charge in [0, 0.05) is 49.5 Å². The Morgan fingerprint density at radius 1 is 1.04 bits per heavy atom. The van der Waals surface area contributed by atoms with Gasteiger partial charge < -0.3 is 29.3 Å². The molecule has 17 heteroatoms. The van der Waals surface area contributed by atoms with Gasteiger partial charge in [0.05, 0.1) is 32.1 Å². The van der Waals surface area contributed by atoms with Crippen LogP contribution in [0, 0.1) is 0 Å². The van der Waals surface area contributed by atoms with Crippen LogP contribution in [-0.2, 0) is 31.6 Å². The molecule has 2 aliphatic heterocycles. The SMILES string of the molecule is COc1ccc(S(=O)(=O)N2C(=O)C(c3cc(CCO)ccc3OC)(N3C[C@H](O)C[C@H]3C(=O)N(C)C)c3cc(Cl)ccc32)c(OC(F)(F)F)c1. The second-order valence-electron chi connectivity index (χ2n) is 11.6. The largest absolute Gasteiger partial charge is 0.573 e. The Kier molecular flexibility index (Phi) is 9.84. The molecule has 2 heterocycles. The van der Waals surface area contributed by atoms with Crippen molar-refractivity contribution in [3.05, 3.63) is 76.3 Å². The number of fused-ring (bicyclic) bond motifs is 1. The summed E-state index contributed by atoms with van der Waals surface area (Å²) in [4.78, 5) is 30.7. The predicted octanol–water partition coefficient (Wildman–Crippen LogP) is 3.29. The standard InChI is InChI=1S/C32H33ClF3N3O9S/c1-37(2)29(42)25-15-20(41)17-38(25)31(23-13-18(11-12-40)5-9-26(23)47-4)22-14-19(33)6-8-24(22)39(30(31)43)49(44,45)28-10-7-21(46-3)16-27(28)48-32(34,35)36/h5-10,13-14,16,20,25,40-41H,11-12,15,17H2,1-4H3/t20-,25+,31?/m1/s1. The fraction of sp³-hybridized carbons (Fsp3) is 0.375. The number of anilines is 1. The van der Waals surface area contributed by atoms with E-state index >= 15 is 4.79 Å². The molecule has 49 heavy (non-hydrogen) atoms. The highest BCUT2D eigenvalue weighted by molar-refractivity contribution is 7.93. The van der Waals surface area contributed by atoms with Crippen molar-refractivity contribution >= 4 is 39.1 Å². The molecule has 3 aromatic rings. The third-order valence-corrected chi connectivity index (χ3v) is 10.4. The normalized spacial score (nSPS) is 21.1. The van der Waals surface area contributed by atoms with Crippen LogP contribution in [0.15, 0.2) is 59.5 Å². The van der Waals surface area contributed by atoms with Gasteiger partial charge in [0.25, 0.3) is 15.9 Å². The zero-order valence-corrected chi connectivity index (χ0v) is 28.3. The van der Waals surface area contributed by atoms with Gasteiger partial charge in [0.1, 0.15) is 16.4 Å². The number of ether oxygens (including phenoxy) is 3. The van der Waals surface area contributed by atoms with Gasteiger partial charge in [-0.2, -0.15) is 0 Å². The maximum absolute atomic E-state index is 15.4. The molecule has 0 bridgehead atoms. The number of hydrogen-bond donors (Lipinski definition) is 2. The first-order chi connectivity index (χ1) is 23.0. The number of β-amino-alcohol motifs (C(OH)–C–C–N with tert-alkyl or cyclic N) is 1. The third-order valence-electron chi connectivity index (χ3n) is 8.45. The number of carbonyl (C=O) groups excluding carboxylic acids is 2. The molecule has 2 amide bonds. The monoisotopic (exact) mass is 727 g/mol. The summed E-state index contributed by atoms with van der Waals surface area (Å²) in [5.41, 5.74) is -2.06. The molecular formula is C32H33ClF3N3O9S. The van der Waals surface area contributed by atoms with Crippen LogP contribution in [-0.4, -0.2) is 100 Å². The Labute approximate surface area is 285 Å². The molecule has 0 spiro atoms. The number of carbonyl (C=O) groups is 2. The highest BCUT2D eigenvalue weighted by atomic mass is 35.5. The number of likely N-dealkylation sites (N-methyl/N-ethyl adjacent to an activating group) is 1. The Morgan fingerprint density at radius 3 is 2.37 bits per heavy atom. The molecule has 3 atom stereocenters. The van der Waals surface area contributed by atoms with Crippen LogP contribution in [0.25, 0.3) is 0 Å². The summed E-state index contributed by atoms with van der Waals surface area (Å²) in [5, 5.41) is 20.8. The fourth-order valence-corrected chi connectivity index (χ4v) is 8.18. The summed E-state index contributed by atoms with van der Waals surface area (Å²) in [7, 11) is 0.160. The molecule has 1 fully saturated rings. The van der Waals surface area contributed by atoms with Crippen molar-refractivity contribution in [1.82, 2.24) is 9.80 Å². The maximum Gasteiger partial charge on any atom is 0.573 e. The van der Waals surface area contributed by atoms with Crippen LogP contribution < -0.4 is 18.5 Å². The third kappa shape index (κ3) is 6.27. The molecule has 1 unspecified atom stereocenters. The van der Waals surface area contributed by atoms with Crippen LogP contribution in [0.4, 0.5) is 18.9 Å². The number of methoxy groups -OCH3 is 2. The fourth-order valence-electron chi connectivity index (χ4n) is 6.45. The van der Waals surface area contributed by atoms with Gasteiger partial charge in [-0.1, -0.05) is 17.7 Å². The second-order valence-corrected chi connectivity index (χ2v) is 13.8. The van der Waals surface area contributed by atoms with E-state index in [1.807, 2.05) is 0 Å². The quantitative estimate of drug-likeness (QED) is 0.319. The maximum atomic E-state index is 15.4. The van der Waals surface area contributed by atoms with E-state index in [4.69, 9.17) is 21.1 Å². The number of rotatable bonds is 10. The Balaban J connectivity index is 1.89. The average molecular weight is 728 g/mol. The van der Waals surface area contributed by atoms with Gasteiger partial charge in [0.2, 0.25) is 5.91 Å². The lowest BCUT2D eigenvalue weighted by molar-refractivity contribution is -0.275. The molecule has 5 rings (SSSR count). The number of sulfonamides is 1. The minimum Gasteiger partial charge on any atom is -0.497 e. The Morgan fingerprint density at radius 2 is 1.76 bits per heavy atom. The lowest BCUT2D eigenvalue weighted by Crippen LogP contribution is -2.59. The van der Waals surface area contributed by atoms with E-state index < -0.39 is 56.5 Å². The zero-order chi connectivity index (χ0) is 36.1. The second kappa shape index (κ2) is 13.3. The van der Waals surface area contributed by atoms with E-state index in [1.54, 1.807) is 6.07 Å². The molecule has 0 radical (unpaired) electrons. The van der Waals surface area contributed by atoms with Gasteiger partial charge in [-0.25, -0.2) is 12.7 Å². The number of halogens is 4. The summed E-state index contributed by atoms with van der Waals surface area (Å²) >= 11 is 6.49. The Hall–Kier alpha value is -4.09. The number of alkyl halides is 3. The number of aliphatic hydroxyl groups is 2. The molecule has 0 saturated carbocycles. The van der Waals surface area contributed by atoms with Crippen molar-refractivity contribution in [2.75, 3.05) is 45.8 Å². The molecule has 1 saturated heterocycles. The van der Waals surface area contributed by atoms with E-state index in [-0.39, 0.29) is 59.3 Å². The molecule has 0 aromatic heterocycles. The number of amides is 2. The Bertz CT molecular complexity index is 1890. The number of nitrogens with zero attached hydrogens (tertiary/aromatic N) is 3. The number of hydrogen-bond acceptors (Lipinski definition) is 10. The van der Waals surface area contributed by atoms with Crippen LogP contribution in [0.5, 0.6) is 17.2 Å². The van der Waals surface area contributed by atoms with Crippen molar-refractivity contribution in [2.45, 2.75) is 41.8 Å². The van der Waals surface area contributed by atoms with Gasteiger partial charge in [-0.15, -0.1) is 13.2 Å². The zero-order valence-electron chi connectivity index (χ0n) is 26.7. The van der Waals surface area contributed by atoms with Gasteiger partial charge >= 0.3 is 6.36 Å². The first-order valence-corrected chi connectivity index (χ1v) is 16.6. The first kappa shape index (κ1) is 36.2. The summed E-state index contributed by atoms with van der Waals surface area (Å²) in [6.45, 7) is -0.604. The molecule has 12 nitrogen and oxygen atoms in total. The molecule has 2 aliphatic rings. The van der Waals surface area contributed by atoms with E-state index in [1.165, 1.54) is 61.3 Å². The molecule has 264 valence electrons. The van der Waals surface area contributed by atoms with Crippen LogP contribution >= 0.6 is 11.6 Å². The summed E-state index contributed by atoms with van der Waals surface area (Å²) in [5.74, 6) is -2.98. The van der Waals surface area contributed by atoms with Crippen LogP contribution in [0.3, 0.4) is 0 Å². The van der Waals surface area contributed by atoms with Crippen LogP contribution in [0.2, 0.25) is 5.02 Å². The van der Waals surface area contributed by atoms with Crippen molar-refractivity contribution < 1.29 is 55.6 Å². The van der Waals surface area contributed by atoms with Crippen LogP contribution in [0.1, 0.15) is 23.1 Å². The molecular weight excluding hydrogens is 695 g/mol. The van der Waals surface area contributed by atoms with E-state index in [0.717, 1.165) is 25.3 Å². The smallest absolute Gasteiger partial charge is 0.497 e. The van der Waals surface area contributed by atoms with Gasteiger partial charge in [0.15, 0.2) is 11.3 Å². The highest BCUT2D eigenvalue weighted by Crippen LogP contribution is 2.55. The van der Waals surface area contributed by atoms with Crippen molar-refractivity contribution in [3.63, 3.8) is 0 Å². The van der Waals surface area contributed by atoms with Gasteiger partial charge in [-0.05, 0) is 60.9 Å². The number of aliphatic hydroxyl groups excluding tert-OH is 2. The summed E-state index contributed by atoms with van der Waals surface area (Å²) in [6.07, 6.45) is -6.52. The van der Waals surface area contributed by atoms with E-state index in [2.05, 4.69) is 4.74 Å². The molecule has 2 N–H and O–H groups in total. The molecule has 0 aliphatic carbocycles. The predicted molar refractivity (Wildman–Crippen MR) is 170 cm³/mol. The minimum atomic E-state index is -5.33. The van der Waals surface area contributed by atoms with E-state index in [9.17, 15) is 36.6 Å². The van der Waals surface area contributed by atoms with Crippen molar-refractivity contribution in [3.8, 4) is 17.2 Å². The topological polar surface area (TPSA) is 146 Å². The van der Waals surface area contributed by atoms with Crippen molar-refractivity contribution in [2.24, 2.45) is 0 Å². The lowest BCUT2D eigenvalue weighted by atomic mass is 9.80. The highest BCUT2D eigenvalue weighted by Gasteiger charge is 2.64. The summed E-state index contributed by atoms with van der Waals surface area (Å²) in [6, 6.07) is 9.93. The van der Waals surface area contributed by atoms with E-state index in [0.29, 0.717) is 9.87 Å². The lowest BCUT2D eigenvalue weighted by Gasteiger charge is -2.42. The first-order valence-electron chi connectivity index (χ1n) is 14.8.